The van der Waals surface area contributed by atoms with Gasteiger partial charge in [-0.3, -0.25) is 0 Å². The van der Waals surface area contributed by atoms with E-state index in [2.05, 4.69) is 27.2 Å². The van der Waals surface area contributed by atoms with E-state index >= 15 is 0 Å². The molecule has 0 amide bonds. The topological polar surface area (TPSA) is 103 Å². The summed E-state index contributed by atoms with van der Waals surface area (Å²) >= 11 is 1.38. The van der Waals surface area contributed by atoms with Crippen LogP contribution in [0.1, 0.15) is 22.4 Å². The van der Waals surface area contributed by atoms with Gasteiger partial charge in [0.2, 0.25) is 5.88 Å². The summed E-state index contributed by atoms with van der Waals surface area (Å²) in [5, 5.41) is 14.1. The van der Waals surface area contributed by atoms with Crippen molar-refractivity contribution in [2.75, 3.05) is 12.0 Å². The Balaban J connectivity index is 2.06. The van der Waals surface area contributed by atoms with Gasteiger partial charge in [-0.05, 0) is 50.3 Å². The molecule has 3 rings (SSSR count). The fourth-order valence-electron chi connectivity index (χ4n) is 2.61. The van der Waals surface area contributed by atoms with E-state index in [1.54, 1.807) is 13.0 Å². The Morgan fingerprint density at radius 1 is 1.12 bits per heavy atom. The summed E-state index contributed by atoms with van der Waals surface area (Å²) in [6.07, 6.45) is 1.87. The maximum Gasteiger partial charge on any atom is 0.225 e. The van der Waals surface area contributed by atoms with Crippen LogP contribution in [0.2, 0.25) is 0 Å². The van der Waals surface area contributed by atoms with Gasteiger partial charge in [-0.2, -0.15) is 20.0 Å². The minimum absolute atomic E-state index is 0.244. The SMILES string of the molecule is CSc1nc(Oc2cc(C)cc(C)c2)cc(-n2nc(C)c(C#N)c2N)n1. The lowest BCUT2D eigenvalue weighted by Crippen LogP contribution is -2.06. The van der Waals surface area contributed by atoms with E-state index < -0.39 is 0 Å². The van der Waals surface area contributed by atoms with Crippen LogP contribution in [0.5, 0.6) is 11.6 Å². The molecule has 8 heteroatoms. The van der Waals surface area contributed by atoms with Gasteiger partial charge in [0, 0.05) is 6.07 Å². The van der Waals surface area contributed by atoms with Gasteiger partial charge in [0.15, 0.2) is 11.0 Å². The molecule has 1 aromatic carbocycles. The number of nitrogens with zero attached hydrogens (tertiary/aromatic N) is 5. The van der Waals surface area contributed by atoms with Crippen molar-refractivity contribution in [3.8, 4) is 23.5 Å². The predicted octanol–water partition coefficient (Wildman–Crippen LogP) is 3.56. The molecule has 0 saturated heterocycles. The van der Waals surface area contributed by atoms with E-state index in [0.717, 1.165) is 11.1 Å². The minimum Gasteiger partial charge on any atom is -0.439 e. The molecule has 0 unspecified atom stereocenters. The second kappa shape index (κ2) is 7.06. The van der Waals surface area contributed by atoms with E-state index in [0.29, 0.717) is 33.9 Å². The minimum atomic E-state index is 0.244. The number of rotatable bonds is 4. The Hall–Kier alpha value is -3.05. The zero-order valence-electron chi connectivity index (χ0n) is 14.9. The number of ether oxygens (including phenoxy) is 1. The zero-order chi connectivity index (χ0) is 18.8. The van der Waals surface area contributed by atoms with Crippen LogP contribution in [0.25, 0.3) is 5.82 Å². The lowest BCUT2D eigenvalue weighted by molar-refractivity contribution is 0.454. The van der Waals surface area contributed by atoms with Gasteiger partial charge in [-0.15, -0.1) is 0 Å². The molecule has 2 heterocycles. The third-order valence-corrected chi connectivity index (χ3v) is 4.24. The van der Waals surface area contributed by atoms with Crippen LogP contribution in [0.3, 0.4) is 0 Å². The summed E-state index contributed by atoms with van der Waals surface area (Å²) in [4.78, 5) is 8.83. The largest absolute Gasteiger partial charge is 0.439 e. The number of hydrogen-bond donors (Lipinski definition) is 1. The van der Waals surface area contributed by atoms with Gasteiger partial charge in [0.05, 0.1) is 5.69 Å². The second-order valence-corrected chi connectivity index (χ2v) is 6.62. The van der Waals surface area contributed by atoms with Crippen molar-refractivity contribution < 1.29 is 4.74 Å². The number of nitriles is 1. The first-order valence-electron chi connectivity index (χ1n) is 7.86. The normalized spacial score (nSPS) is 10.6. The molecule has 0 atom stereocenters. The van der Waals surface area contributed by atoms with Gasteiger partial charge >= 0.3 is 0 Å². The van der Waals surface area contributed by atoms with Crippen molar-refractivity contribution >= 4 is 17.6 Å². The molecular weight excluding hydrogens is 348 g/mol. The van der Waals surface area contributed by atoms with Crippen LogP contribution in [0.15, 0.2) is 29.4 Å². The van der Waals surface area contributed by atoms with Crippen molar-refractivity contribution in [3.05, 3.63) is 46.6 Å². The van der Waals surface area contributed by atoms with Crippen molar-refractivity contribution in [1.82, 2.24) is 19.7 Å². The monoisotopic (exact) mass is 366 g/mol. The summed E-state index contributed by atoms with van der Waals surface area (Å²) in [7, 11) is 0. The standard InChI is InChI=1S/C18H18N6OS/c1-10-5-11(2)7-13(6-10)25-16-8-15(21-18(22-16)26-4)24-17(20)14(9-19)12(3)23-24/h5-8H,20H2,1-4H3. The zero-order valence-corrected chi connectivity index (χ0v) is 15.8. The fourth-order valence-corrected chi connectivity index (χ4v) is 2.98. The van der Waals surface area contributed by atoms with E-state index in [-0.39, 0.29) is 5.82 Å². The third-order valence-electron chi connectivity index (χ3n) is 3.69. The highest BCUT2D eigenvalue weighted by atomic mass is 32.2. The molecule has 0 fully saturated rings. The molecule has 132 valence electrons. The Bertz CT molecular complexity index is 1000. The Kier molecular flexibility index (Phi) is 4.82. The summed E-state index contributed by atoms with van der Waals surface area (Å²) in [5.74, 6) is 1.77. The molecule has 0 radical (unpaired) electrons. The highest BCUT2D eigenvalue weighted by Gasteiger charge is 2.16. The third kappa shape index (κ3) is 3.48. The Labute approximate surface area is 155 Å². The van der Waals surface area contributed by atoms with Crippen molar-refractivity contribution in [3.63, 3.8) is 0 Å². The molecule has 0 aliphatic heterocycles. The lowest BCUT2D eigenvalue weighted by Gasteiger charge is -2.10. The molecule has 7 nitrogen and oxygen atoms in total. The van der Waals surface area contributed by atoms with Crippen molar-refractivity contribution in [2.24, 2.45) is 0 Å². The summed E-state index contributed by atoms with van der Waals surface area (Å²) in [5.41, 5.74) is 9.14. The summed E-state index contributed by atoms with van der Waals surface area (Å²) in [6.45, 7) is 5.75. The van der Waals surface area contributed by atoms with Crippen LogP contribution in [-0.2, 0) is 0 Å². The molecule has 0 aliphatic carbocycles. The average molecular weight is 366 g/mol. The Morgan fingerprint density at radius 3 is 2.38 bits per heavy atom. The Morgan fingerprint density at radius 2 is 1.81 bits per heavy atom. The van der Waals surface area contributed by atoms with E-state index in [4.69, 9.17) is 10.5 Å². The molecule has 2 N–H and O–H groups in total. The highest BCUT2D eigenvalue weighted by Crippen LogP contribution is 2.27. The van der Waals surface area contributed by atoms with Crippen molar-refractivity contribution in [1.29, 1.82) is 5.26 Å². The van der Waals surface area contributed by atoms with Crippen LogP contribution < -0.4 is 10.5 Å². The smallest absolute Gasteiger partial charge is 0.225 e. The number of hydrogen-bond acceptors (Lipinski definition) is 7. The van der Waals surface area contributed by atoms with E-state index in [9.17, 15) is 5.26 Å². The number of anilines is 1. The second-order valence-electron chi connectivity index (χ2n) is 5.85. The van der Waals surface area contributed by atoms with Crippen LogP contribution in [-0.4, -0.2) is 26.0 Å². The van der Waals surface area contributed by atoms with Crippen molar-refractivity contribution in [2.45, 2.75) is 25.9 Å². The molecule has 0 aliphatic rings. The van der Waals surface area contributed by atoms with Crippen LogP contribution >= 0.6 is 11.8 Å². The van der Waals surface area contributed by atoms with Gasteiger partial charge in [0.1, 0.15) is 23.2 Å². The molecule has 0 bridgehead atoms. The van der Waals surface area contributed by atoms with Gasteiger partial charge in [-0.1, -0.05) is 17.8 Å². The van der Waals surface area contributed by atoms with Gasteiger partial charge in [-0.25, -0.2) is 4.98 Å². The number of thioether (sulfide) groups is 1. The molecular formula is C18H18N6OS. The van der Waals surface area contributed by atoms with Crippen LogP contribution in [0, 0.1) is 32.1 Å². The van der Waals surface area contributed by atoms with E-state index in [1.165, 1.54) is 16.4 Å². The molecule has 0 saturated carbocycles. The maximum atomic E-state index is 9.22. The number of nitrogen functional groups attached to an aromatic ring is 1. The molecule has 3 aromatic rings. The first-order chi connectivity index (χ1) is 12.4. The van der Waals surface area contributed by atoms with E-state index in [1.807, 2.05) is 32.2 Å². The van der Waals surface area contributed by atoms with Gasteiger partial charge in [0.25, 0.3) is 0 Å². The molecule has 2 aromatic heterocycles. The number of aryl methyl sites for hydroxylation is 3. The lowest BCUT2D eigenvalue weighted by atomic mass is 10.1. The number of benzene rings is 1. The fraction of sp³-hybridized carbons (Fsp3) is 0.222. The quantitative estimate of drug-likeness (QED) is 0.556. The summed E-state index contributed by atoms with van der Waals surface area (Å²) < 4.78 is 7.37. The maximum absolute atomic E-state index is 9.22. The highest BCUT2D eigenvalue weighted by molar-refractivity contribution is 7.98. The molecule has 0 spiro atoms. The predicted molar refractivity (Wildman–Crippen MR) is 101 cm³/mol. The number of nitrogens with two attached hydrogens (primary N) is 1. The van der Waals surface area contributed by atoms with Crippen LogP contribution in [0.4, 0.5) is 5.82 Å². The average Bonchev–Trinajstić information content (AvgIpc) is 2.87. The number of aromatic nitrogens is 4. The summed E-state index contributed by atoms with van der Waals surface area (Å²) in [6, 6.07) is 9.66. The first kappa shape index (κ1) is 17.8. The van der Waals surface area contributed by atoms with Gasteiger partial charge < -0.3 is 10.5 Å². The first-order valence-corrected chi connectivity index (χ1v) is 9.08. The molecule has 26 heavy (non-hydrogen) atoms.